The van der Waals surface area contributed by atoms with Crippen molar-refractivity contribution in [2.45, 2.75) is 45.3 Å². The van der Waals surface area contributed by atoms with Crippen LogP contribution in [0.5, 0.6) is 0 Å². The number of hydrogen-bond acceptors (Lipinski definition) is 5. The van der Waals surface area contributed by atoms with E-state index >= 15 is 0 Å². The van der Waals surface area contributed by atoms with Gasteiger partial charge in [0.2, 0.25) is 5.79 Å². The minimum Gasteiger partial charge on any atom is -0.466 e. The first-order valence-corrected chi connectivity index (χ1v) is 6.96. The number of ether oxygens (including phenoxy) is 2. The van der Waals surface area contributed by atoms with Gasteiger partial charge in [-0.1, -0.05) is 17.7 Å². The minimum absolute atomic E-state index is 0.257. The molecule has 0 saturated heterocycles. The molecule has 0 bridgehead atoms. The van der Waals surface area contributed by atoms with Gasteiger partial charge in [0.25, 0.3) is 0 Å². The second kappa shape index (κ2) is 5.85. The number of hydrogen-bond donors (Lipinski definition) is 1. The van der Waals surface area contributed by atoms with Crippen LogP contribution in [0, 0.1) is 0 Å². The molecule has 0 fully saturated rings. The van der Waals surface area contributed by atoms with E-state index in [0.717, 1.165) is 5.57 Å². The highest BCUT2D eigenvalue weighted by molar-refractivity contribution is 5.92. The Kier molecular flexibility index (Phi) is 4.32. The van der Waals surface area contributed by atoms with Crippen molar-refractivity contribution in [3.63, 3.8) is 0 Å². The number of allylic oxidation sites excluding steroid dienone is 2. The lowest BCUT2D eigenvalue weighted by Crippen LogP contribution is -2.32. The van der Waals surface area contributed by atoms with Crippen molar-refractivity contribution in [2.75, 3.05) is 7.11 Å². The highest BCUT2D eigenvalue weighted by Crippen LogP contribution is 2.38. The molecule has 1 heterocycles. The van der Waals surface area contributed by atoms with Crippen LogP contribution in [0.15, 0.2) is 34.4 Å². The van der Waals surface area contributed by atoms with Gasteiger partial charge in [0.1, 0.15) is 0 Å². The van der Waals surface area contributed by atoms with Gasteiger partial charge in [-0.25, -0.2) is 9.59 Å². The summed E-state index contributed by atoms with van der Waals surface area (Å²) in [5.74, 6) is -2.49. The van der Waals surface area contributed by atoms with Crippen molar-refractivity contribution < 1.29 is 24.2 Å². The number of rotatable bonds is 1. The van der Waals surface area contributed by atoms with Gasteiger partial charge in [-0.2, -0.15) is 0 Å². The summed E-state index contributed by atoms with van der Waals surface area (Å²) in [5, 5.41) is 10.6. The third-order valence-corrected chi connectivity index (χ3v) is 3.92. The van der Waals surface area contributed by atoms with Crippen molar-refractivity contribution in [1.82, 2.24) is 0 Å². The van der Waals surface area contributed by atoms with Gasteiger partial charge in [-0.05, 0) is 33.1 Å². The highest BCUT2D eigenvalue weighted by atomic mass is 16.7. The number of fused-ring (bicyclic) bond motifs is 1. The number of carbonyl (C=O) groups is 2. The molecule has 1 aliphatic carbocycles. The minimum atomic E-state index is -1.60. The van der Waals surface area contributed by atoms with E-state index in [0.29, 0.717) is 36.0 Å². The van der Waals surface area contributed by atoms with Gasteiger partial charge < -0.3 is 14.6 Å². The predicted molar refractivity (Wildman–Crippen MR) is 76.1 cm³/mol. The Morgan fingerprint density at radius 1 is 1.38 bits per heavy atom. The predicted octanol–water partition coefficient (Wildman–Crippen LogP) is 2.17. The molecule has 0 spiro atoms. The maximum atomic E-state index is 11.7. The maximum absolute atomic E-state index is 11.7. The lowest BCUT2D eigenvalue weighted by atomic mass is 9.91. The van der Waals surface area contributed by atoms with Crippen molar-refractivity contribution in [1.29, 1.82) is 0 Å². The van der Waals surface area contributed by atoms with Crippen LogP contribution in [0.4, 0.5) is 0 Å². The molecular weight excluding hydrogens is 272 g/mol. The summed E-state index contributed by atoms with van der Waals surface area (Å²) >= 11 is 0. The van der Waals surface area contributed by atoms with E-state index in [-0.39, 0.29) is 12.4 Å². The van der Waals surface area contributed by atoms with Crippen LogP contribution in [0.3, 0.4) is 0 Å². The summed E-state index contributed by atoms with van der Waals surface area (Å²) in [5.41, 5.74) is 2.39. The van der Waals surface area contributed by atoms with Gasteiger partial charge in [-0.3, -0.25) is 0 Å². The molecular formula is C16H20O5. The zero-order valence-corrected chi connectivity index (χ0v) is 12.6. The molecule has 5 nitrogen and oxygen atoms in total. The Morgan fingerprint density at radius 3 is 2.76 bits per heavy atom. The van der Waals surface area contributed by atoms with Crippen LogP contribution in [-0.2, 0) is 19.1 Å². The van der Waals surface area contributed by atoms with E-state index in [9.17, 15) is 14.7 Å². The fourth-order valence-corrected chi connectivity index (χ4v) is 2.73. The molecule has 0 aromatic carbocycles. The molecule has 21 heavy (non-hydrogen) atoms. The van der Waals surface area contributed by atoms with E-state index < -0.39 is 11.8 Å². The summed E-state index contributed by atoms with van der Waals surface area (Å²) in [6, 6.07) is 0. The lowest BCUT2D eigenvalue weighted by molar-refractivity contribution is -0.181. The van der Waals surface area contributed by atoms with Gasteiger partial charge >= 0.3 is 11.9 Å². The monoisotopic (exact) mass is 292 g/mol. The summed E-state index contributed by atoms with van der Waals surface area (Å²) in [6.07, 6.45) is 5.46. The first-order chi connectivity index (χ1) is 9.87. The third-order valence-electron chi connectivity index (χ3n) is 3.92. The summed E-state index contributed by atoms with van der Waals surface area (Å²) in [4.78, 5) is 23.5. The normalized spacial score (nSPS) is 31.5. The second-order valence-electron chi connectivity index (χ2n) is 5.47. The van der Waals surface area contributed by atoms with Gasteiger partial charge in [-0.15, -0.1) is 0 Å². The number of aliphatic hydroxyl groups is 1. The summed E-state index contributed by atoms with van der Waals surface area (Å²) < 4.78 is 9.91. The van der Waals surface area contributed by atoms with Crippen molar-refractivity contribution in [3.8, 4) is 0 Å². The molecule has 0 aromatic heterocycles. The lowest BCUT2D eigenvalue weighted by Gasteiger charge is -2.26. The largest absolute Gasteiger partial charge is 0.466 e. The van der Waals surface area contributed by atoms with Crippen molar-refractivity contribution in [2.24, 2.45) is 0 Å². The highest BCUT2D eigenvalue weighted by Gasteiger charge is 2.44. The van der Waals surface area contributed by atoms with Crippen molar-refractivity contribution >= 4 is 11.9 Å². The number of esters is 2. The zero-order chi connectivity index (χ0) is 15.6. The molecule has 0 aromatic rings. The van der Waals surface area contributed by atoms with E-state index in [1.807, 2.05) is 13.0 Å². The molecule has 5 heteroatoms. The Bertz CT molecular complexity index is 567. The zero-order valence-electron chi connectivity index (χ0n) is 12.6. The SMILES string of the molecule is COC(=O)/C1=C\CC2=C(C)C(=O)O[C@]2(O)C/C(C)=C/CC1. The number of methoxy groups -OCH3 is 1. The van der Waals surface area contributed by atoms with Crippen LogP contribution in [0.2, 0.25) is 0 Å². The van der Waals surface area contributed by atoms with Gasteiger partial charge in [0.05, 0.1) is 7.11 Å². The second-order valence-corrected chi connectivity index (χ2v) is 5.47. The van der Waals surface area contributed by atoms with Crippen LogP contribution in [-0.4, -0.2) is 29.9 Å². The van der Waals surface area contributed by atoms with Crippen LogP contribution >= 0.6 is 0 Å². The number of carbonyl (C=O) groups excluding carboxylic acids is 2. The first-order valence-electron chi connectivity index (χ1n) is 6.96. The molecule has 2 aliphatic rings. The molecule has 0 unspecified atom stereocenters. The fraction of sp³-hybridized carbons (Fsp3) is 0.500. The smallest absolute Gasteiger partial charge is 0.336 e. The van der Waals surface area contributed by atoms with Crippen LogP contribution < -0.4 is 0 Å². The van der Waals surface area contributed by atoms with E-state index in [1.54, 1.807) is 13.0 Å². The Balaban J connectivity index is 2.42. The molecule has 114 valence electrons. The molecule has 0 amide bonds. The molecule has 0 saturated carbocycles. The standard InChI is InChI=1S/C16H20O5/c1-10-5-4-6-12(15(18)20-3)7-8-13-11(2)14(17)21-16(13,19)9-10/h5,7,19H,4,6,8-9H2,1-3H3/b10-5+,12-7-/t16-/m1/s1. The summed E-state index contributed by atoms with van der Waals surface area (Å²) in [6.45, 7) is 3.51. The third kappa shape index (κ3) is 3.08. The Labute approximate surface area is 123 Å². The Hall–Kier alpha value is -1.88. The quantitative estimate of drug-likeness (QED) is 0.592. The van der Waals surface area contributed by atoms with Crippen molar-refractivity contribution in [3.05, 3.63) is 34.4 Å². The summed E-state index contributed by atoms with van der Waals surface area (Å²) in [7, 11) is 1.34. The molecule has 1 N–H and O–H groups in total. The molecule has 1 aliphatic heterocycles. The molecule has 0 radical (unpaired) electrons. The molecule has 1 atom stereocenters. The first kappa shape index (κ1) is 15.5. The average molecular weight is 292 g/mol. The van der Waals surface area contributed by atoms with Crippen LogP contribution in [0.1, 0.15) is 39.5 Å². The van der Waals surface area contributed by atoms with Gasteiger partial charge in [0, 0.05) is 23.1 Å². The van der Waals surface area contributed by atoms with E-state index in [2.05, 4.69) is 0 Å². The van der Waals surface area contributed by atoms with Crippen LogP contribution in [0.25, 0.3) is 0 Å². The topological polar surface area (TPSA) is 72.8 Å². The average Bonchev–Trinajstić information content (AvgIpc) is 2.63. The Morgan fingerprint density at radius 2 is 2.10 bits per heavy atom. The molecule has 2 rings (SSSR count). The van der Waals surface area contributed by atoms with E-state index in [4.69, 9.17) is 9.47 Å². The maximum Gasteiger partial charge on any atom is 0.336 e. The van der Waals surface area contributed by atoms with E-state index in [1.165, 1.54) is 7.11 Å². The fourth-order valence-electron chi connectivity index (χ4n) is 2.73. The van der Waals surface area contributed by atoms with Gasteiger partial charge in [0.15, 0.2) is 0 Å².